The maximum Gasteiger partial charge on any atom is 0.338 e. The Morgan fingerprint density at radius 1 is 0.870 bits per heavy atom. The number of pyridine rings is 1. The zero-order valence-electron chi connectivity index (χ0n) is 23.8. The van der Waals surface area contributed by atoms with Gasteiger partial charge in [0.25, 0.3) is 5.91 Å². The second-order valence-electron chi connectivity index (χ2n) is 10.3. The number of thioether (sulfide) groups is 1. The maximum atomic E-state index is 14.1. The number of aromatic nitrogens is 1. The molecule has 4 atom stereocenters. The molecule has 46 heavy (non-hydrogen) atoms. The first-order chi connectivity index (χ1) is 22.0. The molecule has 240 valence electrons. The normalized spacial score (nSPS) is 19.5. The number of ether oxygens (including phenoxy) is 2. The lowest BCUT2D eigenvalue weighted by Gasteiger charge is -2.41. The van der Waals surface area contributed by atoms with E-state index in [0.29, 0.717) is 21.9 Å². The number of amides is 1. The van der Waals surface area contributed by atoms with Crippen molar-refractivity contribution < 1.29 is 51.2 Å². The van der Waals surface area contributed by atoms with E-state index in [1.165, 1.54) is 54.4 Å². The minimum Gasteiger partial charge on any atom is -0.478 e. The number of hydrogen-bond donors (Lipinski definition) is 3. The van der Waals surface area contributed by atoms with Crippen molar-refractivity contribution in [3.05, 3.63) is 124 Å². The molecule has 2 heterocycles. The van der Waals surface area contributed by atoms with E-state index in [-0.39, 0.29) is 23.8 Å². The van der Waals surface area contributed by atoms with E-state index in [1.54, 1.807) is 12.1 Å². The molecule has 5 rings (SSSR count). The summed E-state index contributed by atoms with van der Waals surface area (Å²) in [6.07, 6.45) is -0.465. The fourth-order valence-corrected chi connectivity index (χ4v) is 6.01. The number of halogens is 5. The number of carboxylic acids is 1. The van der Waals surface area contributed by atoms with Crippen LogP contribution in [-0.2, 0) is 16.1 Å². The van der Waals surface area contributed by atoms with Gasteiger partial charge in [0.1, 0.15) is 10.6 Å². The van der Waals surface area contributed by atoms with Crippen LogP contribution in [0.3, 0.4) is 0 Å². The van der Waals surface area contributed by atoms with Crippen molar-refractivity contribution >= 4 is 29.3 Å². The van der Waals surface area contributed by atoms with Crippen molar-refractivity contribution in [2.75, 3.05) is 11.1 Å². The number of hydrogen-bond acceptors (Lipinski definition) is 7. The number of aliphatic hydroxyl groups is 1. The second-order valence-corrected chi connectivity index (χ2v) is 11.3. The van der Waals surface area contributed by atoms with Gasteiger partial charge >= 0.3 is 5.97 Å². The van der Waals surface area contributed by atoms with Crippen molar-refractivity contribution in [1.82, 2.24) is 4.98 Å². The largest absolute Gasteiger partial charge is 0.478 e. The Bertz CT molecular complexity index is 1730. The van der Waals surface area contributed by atoms with E-state index in [2.05, 4.69) is 10.3 Å². The lowest BCUT2D eigenvalue weighted by molar-refractivity contribution is -0.268. The highest BCUT2D eigenvalue weighted by atomic mass is 32.2. The molecule has 1 aliphatic heterocycles. The number of rotatable bonds is 9. The highest BCUT2D eigenvalue weighted by Crippen LogP contribution is 2.43. The van der Waals surface area contributed by atoms with Crippen molar-refractivity contribution in [1.29, 1.82) is 0 Å². The topological polar surface area (TPSA) is 118 Å². The van der Waals surface area contributed by atoms with Crippen LogP contribution in [0.4, 0.5) is 27.6 Å². The molecule has 1 amide bonds. The molecule has 4 aromatic rings. The predicted molar refractivity (Wildman–Crippen MR) is 156 cm³/mol. The van der Waals surface area contributed by atoms with E-state index >= 15 is 0 Å². The zero-order valence-corrected chi connectivity index (χ0v) is 24.7. The summed E-state index contributed by atoms with van der Waals surface area (Å²) in [5.41, 5.74) is 0.376. The van der Waals surface area contributed by atoms with Gasteiger partial charge in [-0.1, -0.05) is 43.3 Å². The first-order valence-corrected chi connectivity index (χ1v) is 14.7. The molecular formula is C32H25F5N2O6S. The summed E-state index contributed by atoms with van der Waals surface area (Å²) >= 11 is 1.21. The van der Waals surface area contributed by atoms with Crippen LogP contribution < -0.4 is 5.32 Å². The minimum atomic E-state index is -2.38. The fraction of sp³-hybridized carbons (Fsp3) is 0.219. The van der Waals surface area contributed by atoms with Crippen LogP contribution in [-0.4, -0.2) is 38.9 Å². The van der Waals surface area contributed by atoms with E-state index in [0.717, 1.165) is 5.56 Å². The third-order valence-electron chi connectivity index (χ3n) is 7.39. The van der Waals surface area contributed by atoms with Gasteiger partial charge in [0, 0.05) is 29.1 Å². The van der Waals surface area contributed by atoms with Crippen molar-refractivity contribution in [2.45, 2.75) is 37.1 Å². The van der Waals surface area contributed by atoms with Gasteiger partial charge in [-0.15, -0.1) is 11.8 Å². The van der Waals surface area contributed by atoms with Crippen molar-refractivity contribution in [3.8, 4) is 0 Å². The summed E-state index contributed by atoms with van der Waals surface area (Å²) in [4.78, 5) is 28.4. The summed E-state index contributed by atoms with van der Waals surface area (Å²) in [6, 6.07) is 15.8. The number of nitrogens with zero attached hydrogens (tertiary/aromatic N) is 1. The summed E-state index contributed by atoms with van der Waals surface area (Å²) in [7, 11) is 0. The van der Waals surface area contributed by atoms with Crippen LogP contribution >= 0.6 is 11.8 Å². The number of carboxylic acid groups (broad SMARTS) is 1. The monoisotopic (exact) mass is 660 g/mol. The van der Waals surface area contributed by atoms with Gasteiger partial charge in [-0.2, -0.15) is 0 Å². The average Bonchev–Trinajstić information content (AvgIpc) is 3.06. The number of anilines is 1. The summed E-state index contributed by atoms with van der Waals surface area (Å²) in [5, 5.41) is 21.4. The van der Waals surface area contributed by atoms with E-state index in [1.807, 2.05) is 19.1 Å². The van der Waals surface area contributed by atoms with Gasteiger partial charge in [0.15, 0.2) is 29.6 Å². The Balaban J connectivity index is 1.38. The fourth-order valence-electron chi connectivity index (χ4n) is 4.86. The van der Waals surface area contributed by atoms with Gasteiger partial charge in [-0.25, -0.2) is 31.7 Å². The molecule has 8 nitrogen and oxygen atoms in total. The van der Waals surface area contributed by atoms with Crippen molar-refractivity contribution in [2.24, 2.45) is 5.92 Å². The third kappa shape index (κ3) is 6.75. The van der Waals surface area contributed by atoms with Gasteiger partial charge in [-0.3, -0.25) is 4.79 Å². The Labute approximate surface area is 263 Å². The number of carbonyl (C=O) groups excluding carboxylic acids is 1. The first-order valence-electron chi connectivity index (χ1n) is 13.7. The number of benzene rings is 3. The molecule has 0 bridgehead atoms. The molecule has 0 radical (unpaired) electrons. The van der Waals surface area contributed by atoms with Crippen LogP contribution in [0.25, 0.3) is 0 Å². The molecule has 14 heteroatoms. The molecular weight excluding hydrogens is 635 g/mol. The standard InChI is InChI=1S/C32H25F5N2O6S/c1-15-21(14-46-30-20(31(42)43)3-2-12-38-30)44-32(45-28(15)17-6-4-16(13-40)5-7-17)18-8-10-19(11-9-18)39-29(41)22-23(33)25(35)27(37)26(36)24(22)34/h2-12,15,21,28,32,40H,13-14H2,1H3,(H,39,41)(H,42,43). The van der Waals surface area contributed by atoms with Gasteiger partial charge < -0.3 is 25.0 Å². The molecule has 0 saturated carbocycles. The predicted octanol–water partition coefficient (Wildman–Crippen LogP) is 6.80. The van der Waals surface area contributed by atoms with Crippen LogP contribution in [0.1, 0.15) is 56.7 Å². The van der Waals surface area contributed by atoms with E-state index < -0.39 is 65.0 Å². The van der Waals surface area contributed by atoms with Gasteiger partial charge in [0.2, 0.25) is 5.82 Å². The number of nitrogens with one attached hydrogen (secondary N) is 1. The molecule has 0 spiro atoms. The maximum absolute atomic E-state index is 14.1. The van der Waals surface area contributed by atoms with Crippen molar-refractivity contribution in [3.63, 3.8) is 0 Å². The first kappa shape index (κ1) is 33.0. The molecule has 1 saturated heterocycles. The summed E-state index contributed by atoms with van der Waals surface area (Å²) in [6.45, 7) is 1.77. The molecule has 1 aliphatic rings. The Hall–Kier alpha value is -4.37. The molecule has 4 unspecified atom stereocenters. The van der Waals surface area contributed by atoms with E-state index in [9.17, 15) is 41.8 Å². The summed E-state index contributed by atoms with van der Waals surface area (Å²) < 4.78 is 81.5. The Morgan fingerprint density at radius 3 is 2.09 bits per heavy atom. The molecule has 0 aliphatic carbocycles. The highest BCUT2D eigenvalue weighted by molar-refractivity contribution is 7.99. The minimum absolute atomic E-state index is 0.0125. The number of carbonyl (C=O) groups is 2. The van der Waals surface area contributed by atoms with Gasteiger partial charge in [0.05, 0.1) is 24.4 Å². The summed E-state index contributed by atoms with van der Waals surface area (Å²) in [5.74, 6) is -14.0. The highest BCUT2D eigenvalue weighted by Gasteiger charge is 2.39. The molecule has 3 N–H and O–H groups in total. The van der Waals surface area contributed by atoms with Crippen LogP contribution in [0.2, 0.25) is 0 Å². The molecule has 1 aromatic heterocycles. The lowest BCUT2D eigenvalue weighted by atomic mass is 9.91. The van der Waals surface area contributed by atoms with Crippen LogP contribution in [0.5, 0.6) is 0 Å². The zero-order chi connectivity index (χ0) is 33.1. The molecule has 1 fully saturated rings. The third-order valence-corrected chi connectivity index (χ3v) is 8.48. The Kier molecular flexibility index (Phi) is 10.0. The van der Waals surface area contributed by atoms with E-state index in [4.69, 9.17) is 9.47 Å². The lowest BCUT2D eigenvalue weighted by Crippen LogP contribution is -2.38. The van der Waals surface area contributed by atoms with Crippen LogP contribution in [0.15, 0.2) is 71.9 Å². The Morgan fingerprint density at radius 2 is 1.48 bits per heavy atom. The number of aromatic carboxylic acids is 1. The smallest absolute Gasteiger partial charge is 0.338 e. The molecule has 3 aromatic carbocycles. The quantitative estimate of drug-likeness (QED) is 0.0777. The second kappa shape index (κ2) is 14.0. The number of aliphatic hydroxyl groups excluding tert-OH is 1. The van der Waals surface area contributed by atoms with Gasteiger partial charge in [-0.05, 0) is 35.4 Å². The average molecular weight is 661 g/mol. The van der Waals surface area contributed by atoms with Crippen LogP contribution in [0, 0.1) is 35.0 Å². The SMILES string of the molecule is CC1C(CSc2ncccc2C(=O)O)OC(c2ccc(NC(=O)c3c(F)c(F)c(F)c(F)c3F)cc2)OC1c1ccc(CO)cc1.